The largest absolute Gasteiger partial charge is 0.399 e. The fourth-order valence-electron chi connectivity index (χ4n) is 1.56. The smallest absolute Gasteiger partial charge is 0.148 e. The first-order valence-electron chi connectivity index (χ1n) is 5.25. The first-order chi connectivity index (χ1) is 8.47. The van der Waals surface area contributed by atoms with Gasteiger partial charge in [-0.15, -0.1) is 0 Å². The van der Waals surface area contributed by atoms with E-state index in [1.165, 1.54) is 12.1 Å². The van der Waals surface area contributed by atoms with Gasteiger partial charge in [-0.2, -0.15) is 0 Å². The maximum absolute atomic E-state index is 13.6. The van der Waals surface area contributed by atoms with Gasteiger partial charge in [-0.25, -0.2) is 8.78 Å². The standard InChI is InChI=1S/C13H11BrF2N2/c1-7-4-10(15)9(14)6-13(7)18-12-3-2-8(17)5-11(12)16/h2-6,18H,17H2,1H3. The van der Waals surface area contributed by atoms with E-state index in [4.69, 9.17) is 5.73 Å². The number of hydrogen-bond acceptors (Lipinski definition) is 2. The predicted molar refractivity (Wildman–Crippen MR) is 72.9 cm³/mol. The normalized spacial score (nSPS) is 10.4. The summed E-state index contributed by atoms with van der Waals surface area (Å²) in [6, 6.07) is 7.32. The highest BCUT2D eigenvalue weighted by Crippen LogP contribution is 2.28. The van der Waals surface area contributed by atoms with E-state index in [9.17, 15) is 8.78 Å². The lowest BCUT2D eigenvalue weighted by Gasteiger charge is -2.11. The monoisotopic (exact) mass is 312 g/mol. The second-order valence-electron chi connectivity index (χ2n) is 3.95. The molecule has 0 saturated carbocycles. The van der Waals surface area contributed by atoms with Gasteiger partial charge in [0.25, 0.3) is 0 Å². The van der Waals surface area contributed by atoms with Crippen LogP contribution in [0.5, 0.6) is 0 Å². The lowest BCUT2D eigenvalue weighted by molar-refractivity contribution is 0.620. The van der Waals surface area contributed by atoms with Crippen molar-refractivity contribution >= 4 is 33.0 Å². The van der Waals surface area contributed by atoms with Crippen molar-refractivity contribution in [2.24, 2.45) is 0 Å². The number of halogens is 3. The Hall–Kier alpha value is -1.62. The van der Waals surface area contributed by atoms with Crippen molar-refractivity contribution in [1.82, 2.24) is 0 Å². The number of aryl methyl sites for hydroxylation is 1. The lowest BCUT2D eigenvalue weighted by atomic mass is 10.2. The molecule has 2 nitrogen and oxygen atoms in total. The minimum atomic E-state index is -0.449. The first kappa shape index (κ1) is 12.8. The highest BCUT2D eigenvalue weighted by atomic mass is 79.9. The zero-order valence-corrected chi connectivity index (χ0v) is 11.2. The molecular formula is C13H11BrF2N2. The third-order valence-electron chi connectivity index (χ3n) is 2.53. The van der Waals surface area contributed by atoms with Gasteiger partial charge >= 0.3 is 0 Å². The molecule has 2 aromatic rings. The Morgan fingerprint density at radius 2 is 1.78 bits per heavy atom. The lowest BCUT2D eigenvalue weighted by Crippen LogP contribution is -1.98. The van der Waals surface area contributed by atoms with Crippen LogP contribution < -0.4 is 11.1 Å². The van der Waals surface area contributed by atoms with Gasteiger partial charge < -0.3 is 11.1 Å². The molecule has 18 heavy (non-hydrogen) atoms. The molecule has 0 bridgehead atoms. The topological polar surface area (TPSA) is 38.0 Å². The fraction of sp³-hybridized carbons (Fsp3) is 0.0769. The summed E-state index contributed by atoms with van der Waals surface area (Å²) in [5.74, 6) is -0.800. The van der Waals surface area contributed by atoms with Crippen LogP contribution in [0, 0.1) is 18.6 Å². The Morgan fingerprint density at radius 3 is 2.44 bits per heavy atom. The van der Waals surface area contributed by atoms with Crippen LogP contribution in [0.1, 0.15) is 5.56 Å². The Balaban J connectivity index is 2.37. The van der Waals surface area contributed by atoms with Gasteiger partial charge in [-0.1, -0.05) is 0 Å². The molecule has 0 aromatic heterocycles. The van der Waals surface area contributed by atoms with Gasteiger partial charge in [-0.3, -0.25) is 0 Å². The Morgan fingerprint density at radius 1 is 1.06 bits per heavy atom. The predicted octanol–water partition coefficient (Wildman–Crippen LogP) is 4.36. The summed E-state index contributed by atoms with van der Waals surface area (Å²) >= 11 is 3.09. The number of rotatable bonds is 2. The van der Waals surface area contributed by atoms with Crippen LogP contribution in [0.4, 0.5) is 25.8 Å². The van der Waals surface area contributed by atoms with Crippen molar-refractivity contribution in [3.05, 3.63) is 52.0 Å². The number of nitrogens with two attached hydrogens (primary N) is 1. The van der Waals surface area contributed by atoms with Crippen LogP contribution >= 0.6 is 15.9 Å². The number of nitrogen functional groups attached to an aromatic ring is 1. The van der Waals surface area contributed by atoms with Crippen LogP contribution in [-0.2, 0) is 0 Å². The zero-order valence-electron chi connectivity index (χ0n) is 9.60. The highest BCUT2D eigenvalue weighted by Gasteiger charge is 2.08. The van der Waals surface area contributed by atoms with Crippen LogP contribution in [0.2, 0.25) is 0 Å². The third kappa shape index (κ3) is 2.61. The van der Waals surface area contributed by atoms with Gasteiger partial charge in [0, 0.05) is 11.4 Å². The van der Waals surface area contributed by atoms with Crippen LogP contribution in [0.25, 0.3) is 0 Å². The Labute approximate surface area is 112 Å². The maximum Gasteiger partial charge on any atom is 0.148 e. The number of hydrogen-bond donors (Lipinski definition) is 2. The molecule has 0 fully saturated rings. The molecule has 0 unspecified atom stereocenters. The minimum absolute atomic E-state index is 0.297. The second-order valence-corrected chi connectivity index (χ2v) is 4.80. The quantitative estimate of drug-likeness (QED) is 0.808. The summed E-state index contributed by atoms with van der Waals surface area (Å²) in [6.45, 7) is 1.74. The molecule has 94 valence electrons. The molecule has 0 spiro atoms. The summed E-state index contributed by atoms with van der Waals surface area (Å²) in [6.07, 6.45) is 0. The van der Waals surface area contributed by atoms with E-state index in [-0.39, 0.29) is 5.82 Å². The summed E-state index contributed by atoms with van der Waals surface area (Å²) < 4.78 is 27.2. The molecule has 2 aromatic carbocycles. The minimum Gasteiger partial charge on any atom is -0.399 e. The maximum atomic E-state index is 13.6. The van der Waals surface area contributed by atoms with Crippen molar-refractivity contribution < 1.29 is 8.78 Å². The van der Waals surface area contributed by atoms with Crippen LogP contribution in [-0.4, -0.2) is 0 Å². The Bertz CT molecular complexity index is 600. The van der Waals surface area contributed by atoms with Gasteiger partial charge in [0.05, 0.1) is 10.2 Å². The first-order valence-corrected chi connectivity index (χ1v) is 6.04. The molecule has 0 atom stereocenters. The van der Waals surface area contributed by atoms with Gasteiger partial charge in [0.2, 0.25) is 0 Å². The van der Waals surface area contributed by atoms with Gasteiger partial charge in [0.1, 0.15) is 11.6 Å². The fourth-order valence-corrected chi connectivity index (χ4v) is 1.90. The molecule has 0 aliphatic rings. The second kappa shape index (κ2) is 4.94. The Kier molecular flexibility index (Phi) is 3.52. The van der Waals surface area contributed by atoms with Crippen molar-refractivity contribution in [3.8, 4) is 0 Å². The molecule has 0 heterocycles. The summed E-state index contributed by atoms with van der Waals surface area (Å²) in [5, 5.41) is 2.91. The molecule has 0 radical (unpaired) electrons. The van der Waals surface area contributed by atoms with Crippen LogP contribution in [0.15, 0.2) is 34.8 Å². The third-order valence-corrected chi connectivity index (χ3v) is 3.14. The summed E-state index contributed by atoms with van der Waals surface area (Å²) in [4.78, 5) is 0. The van der Waals surface area contributed by atoms with Crippen LogP contribution in [0.3, 0.4) is 0 Å². The molecular weight excluding hydrogens is 302 g/mol. The molecule has 0 amide bonds. The molecule has 5 heteroatoms. The summed E-state index contributed by atoms with van der Waals surface area (Å²) in [7, 11) is 0. The van der Waals surface area contributed by atoms with E-state index in [2.05, 4.69) is 21.2 Å². The summed E-state index contributed by atoms with van der Waals surface area (Å²) in [5.41, 5.74) is 7.44. The van der Waals surface area contributed by atoms with Crippen molar-refractivity contribution in [2.75, 3.05) is 11.1 Å². The molecule has 2 rings (SSSR count). The van der Waals surface area contributed by atoms with E-state index < -0.39 is 5.82 Å². The van der Waals surface area contributed by atoms with Crippen molar-refractivity contribution in [2.45, 2.75) is 6.92 Å². The van der Waals surface area contributed by atoms with E-state index in [0.29, 0.717) is 27.1 Å². The molecule has 0 aliphatic carbocycles. The average Bonchev–Trinajstić information content (AvgIpc) is 2.29. The average molecular weight is 313 g/mol. The van der Waals surface area contributed by atoms with E-state index in [1.807, 2.05) is 0 Å². The van der Waals surface area contributed by atoms with Crippen molar-refractivity contribution in [1.29, 1.82) is 0 Å². The zero-order chi connectivity index (χ0) is 13.3. The molecule has 3 N–H and O–H groups in total. The number of anilines is 3. The van der Waals surface area contributed by atoms with E-state index >= 15 is 0 Å². The van der Waals surface area contributed by atoms with E-state index in [0.717, 1.165) is 0 Å². The SMILES string of the molecule is Cc1cc(F)c(Br)cc1Nc1ccc(N)cc1F. The van der Waals surface area contributed by atoms with E-state index in [1.54, 1.807) is 25.1 Å². The van der Waals surface area contributed by atoms with Gasteiger partial charge in [-0.05, 0) is 58.7 Å². The highest BCUT2D eigenvalue weighted by molar-refractivity contribution is 9.10. The molecule has 0 aliphatic heterocycles. The van der Waals surface area contributed by atoms with Gasteiger partial charge in [0.15, 0.2) is 0 Å². The molecule has 0 saturated heterocycles. The number of nitrogens with one attached hydrogen (secondary N) is 1. The number of benzene rings is 2. The van der Waals surface area contributed by atoms with Crippen molar-refractivity contribution in [3.63, 3.8) is 0 Å².